The number of carboxylic acids is 1. The van der Waals surface area contributed by atoms with E-state index >= 15 is 0 Å². The fourth-order valence-corrected chi connectivity index (χ4v) is 1.53. The Morgan fingerprint density at radius 2 is 1.62 bits per heavy atom. The third-order valence-electron chi connectivity index (χ3n) is 2.30. The molecule has 0 saturated heterocycles. The second-order valence-electron chi connectivity index (χ2n) is 3.80. The van der Waals surface area contributed by atoms with Crippen molar-refractivity contribution in [3.8, 4) is 0 Å². The van der Waals surface area contributed by atoms with Crippen LogP contribution in [-0.2, 0) is 17.1 Å². The van der Waals surface area contributed by atoms with Gasteiger partial charge in [-0.25, -0.2) is 0 Å². The zero-order chi connectivity index (χ0) is 16.4. The minimum absolute atomic E-state index is 0.191. The number of carbonyl (C=O) groups is 2. The summed E-state index contributed by atoms with van der Waals surface area (Å²) < 4.78 is 76.2. The largest absolute Gasteiger partial charge is 0.480 e. The van der Waals surface area contributed by atoms with E-state index in [4.69, 9.17) is 5.11 Å². The van der Waals surface area contributed by atoms with Gasteiger partial charge in [-0.05, 0) is 12.1 Å². The van der Waals surface area contributed by atoms with Crippen LogP contribution in [0.5, 0.6) is 0 Å². The van der Waals surface area contributed by atoms with Crippen LogP contribution in [0.15, 0.2) is 18.2 Å². The maximum absolute atomic E-state index is 12.8. The summed E-state index contributed by atoms with van der Waals surface area (Å²) in [5.74, 6) is -3.11. The first-order valence-corrected chi connectivity index (χ1v) is 5.22. The van der Waals surface area contributed by atoms with E-state index in [1.165, 1.54) is 0 Å². The van der Waals surface area contributed by atoms with Crippen LogP contribution in [0.3, 0.4) is 0 Å². The van der Waals surface area contributed by atoms with Gasteiger partial charge < -0.3 is 10.4 Å². The summed E-state index contributed by atoms with van der Waals surface area (Å²) in [6, 6.07) is 1.36. The highest BCUT2D eigenvalue weighted by Gasteiger charge is 2.45. The van der Waals surface area contributed by atoms with Gasteiger partial charge in [0.15, 0.2) is 0 Å². The number of hydrogen-bond donors (Lipinski definition) is 2. The molecule has 0 aliphatic rings. The second kappa shape index (κ2) is 5.62. The van der Waals surface area contributed by atoms with E-state index in [-0.39, 0.29) is 6.07 Å². The number of halogens is 6. The summed E-state index contributed by atoms with van der Waals surface area (Å²) in [4.78, 5) is 21.7. The van der Waals surface area contributed by atoms with Gasteiger partial charge in [-0.2, -0.15) is 26.3 Å². The number of hydrogen-bond acceptors (Lipinski definition) is 2. The van der Waals surface area contributed by atoms with Crippen LogP contribution in [0, 0.1) is 0 Å². The Morgan fingerprint density at radius 3 is 2.05 bits per heavy atom. The van der Waals surface area contributed by atoms with Crippen molar-refractivity contribution in [3.05, 3.63) is 34.9 Å². The van der Waals surface area contributed by atoms with Gasteiger partial charge in [0, 0.05) is 0 Å². The molecule has 10 heteroatoms. The lowest BCUT2D eigenvalue weighted by Gasteiger charge is -2.18. The molecule has 0 aliphatic heterocycles. The lowest BCUT2D eigenvalue weighted by atomic mass is 9.99. The van der Waals surface area contributed by atoms with E-state index in [9.17, 15) is 35.9 Å². The van der Waals surface area contributed by atoms with Gasteiger partial charge in [-0.1, -0.05) is 6.07 Å². The molecule has 0 fully saturated rings. The SMILES string of the molecule is O=C(O)CNC(=O)c1cccc(C(F)(F)F)c1C(F)(F)F. The van der Waals surface area contributed by atoms with Crippen molar-refractivity contribution < 1.29 is 41.0 Å². The van der Waals surface area contributed by atoms with Gasteiger partial charge in [0.25, 0.3) is 5.91 Å². The zero-order valence-corrected chi connectivity index (χ0v) is 9.97. The molecule has 0 aliphatic carbocycles. The van der Waals surface area contributed by atoms with Crippen molar-refractivity contribution in [2.24, 2.45) is 0 Å². The molecule has 4 nitrogen and oxygen atoms in total. The van der Waals surface area contributed by atoms with E-state index in [0.717, 1.165) is 0 Å². The lowest BCUT2D eigenvalue weighted by Crippen LogP contribution is -2.32. The van der Waals surface area contributed by atoms with E-state index in [1.807, 2.05) is 0 Å². The topological polar surface area (TPSA) is 66.4 Å². The summed E-state index contributed by atoms with van der Waals surface area (Å²) >= 11 is 0. The molecule has 1 rings (SSSR count). The average molecular weight is 315 g/mol. The number of carbonyl (C=O) groups excluding carboxylic acids is 1. The molecule has 2 N–H and O–H groups in total. The summed E-state index contributed by atoms with van der Waals surface area (Å²) in [5.41, 5.74) is -5.46. The molecule has 0 radical (unpaired) electrons. The first-order chi connectivity index (χ1) is 9.44. The molecule has 0 atom stereocenters. The number of aliphatic carboxylic acids is 1. The summed E-state index contributed by atoms with van der Waals surface area (Å²) in [5, 5.41) is 9.89. The maximum atomic E-state index is 12.8. The number of alkyl halides is 6. The van der Waals surface area contributed by atoms with Crippen molar-refractivity contribution in [1.29, 1.82) is 0 Å². The molecule has 21 heavy (non-hydrogen) atoms. The number of rotatable bonds is 3. The Balaban J connectivity index is 3.39. The summed E-state index contributed by atoms with van der Waals surface area (Å²) in [6.07, 6.45) is -10.7. The molecule has 0 unspecified atom stereocenters. The molecule has 1 amide bonds. The minimum Gasteiger partial charge on any atom is -0.480 e. The molecule has 116 valence electrons. The monoisotopic (exact) mass is 315 g/mol. The molecule has 0 bridgehead atoms. The number of amides is 1. The van der Waals surface area contributed by atoms with Crippen LogP contribution in [0.2, 0.25) is 0 Å². The van der Waals surface area contributed by atoms with Crippen LogP contribution in [-0.4, -0.2) is 23.5 Å². The molecular weight excluding hydrogens is 308 g/mol. The minimum atomic E-state index is -5.43. The van der Waals surface area contributed by atoms with Crippen LogP contribution < -0.4 is 5.32 Å². The highest BCUT2D eigenvalue weighted by atomic mass is 19.4. The molecule has 0 spiro atoms. The Kier molecular flexibility index (Phi) is 4.49. The quantitative estimate of drug-likeness (QED) is 0.843. The van der Waals surface area contributed by atoms with Crippen molar-refractivity contribution in [1.82, 2.24) is 5.32 Å². The normalized spacial score (nSPS) is 12.1. The summed E-state index contributed by atoms with van der Waals surface area (Å²) in [6.45, 7) is -1.02. The van der Waals surface area contributed by atoms with E-state index in [0.29, 0.717) is 12.1 Å². The van der Waals surface area contributed by atoms with Crippen LogP contribution in [0.1, 0.15) is 21.5 Å². The smallest absolute Gasteiger partial charge is 0.417 e. The van der Waals surface area contributed by atoms with Gasteiger partial charge in [0.05, 0.1) is 16.7 Å². The molecular formula is C11H7F6NO3. The Hall–Kier alpha value is -2.26. The van der Waals surface area contributed by atoms with Gasteiger partial charge in [-0.3, -0.25) is 9.59 Å². The third-order valence-corrected chi connectivity index (χ3v) is 2.30. The number of carboxylic acid groups (broad SMARTS) is 1. The fourth-order valence-electron chi connectivity index (χ4n) is 1.53. The highest BCUT2D eigenvalue weighted by Crippen LogP contribution is 2.41. The first-order valence-electron chi connectivity index (χ1n) is 5.22. The van der Waals surface area contributed by atoms with Crippen molar-refractivity contribution in [3.63, 3.8) is 0 Å². The van der Waals surface area contributed by atoms with E-state index in [1.54, 1.807) is 5.32 Å². The molecule has 0 saturated carbocycles. The summed E-state index contributed by atoms with van der Waals surface area (Å²) in [7, 11) is 0. The predicted molar refractivity (Wildman–Crippen MR) is 56.4 cm³/mol. The van der Waals surface area contributed by atoms with Gasteiger partial charge in [-0.15, -0.1) is 0 Å². The van der Waals surface area contributed by atoms with Crippen LogP contribution in [0.25, 0.3) is 0 Å². The highest BCUT2D eigenvalue weighted by molar-refractivity contribution is 5.97. The average Bonchev–Trinajstić information content (AvgIpc) is 2.32. The van der Waals surface area contributed by atoms with Crippen molar-refractivity contribution in [2.45, 2.75) is 12.4 Å². The fraction of sp³-hybridized carbons (Fsp3) is 0.273. The third kappa shape index (κ3) is 4.10. The predicted octanol–water partition coefficient (Wildman–Crippen LogP) is 2.54. The van der Waals surface area contributed by atoms with Crippen LogP contribution >= 0.6 is 0 Å². The van der Waals surface area contributed by atoms with Gasteiger partial charge in [0.1, 0.15) is 6.54 Å². The Morgan fingerprint density at radius 1 is 1.05 bits per heavy atom. The Labute approximate surface area is 113 Å². The van der Waals surface area contributed by atoms with E-state index < -0.39 is 47.5 Å². The molecule has 0 heterocycles. The van der Waals surface area contributed by atoms with Crippen molar-refractivity contribution in [2.75, 3.05) is 6.54 Å². The molecule has 1 aromatic carbocycles. The molecule has 0 aromatic heterocycles. The Bertz CT molecular complexity index is 564. The van der Waals surface area contributed by atoms with E-state index in [2.05, 4.69) is 0 Å². The van der Waals surface area contributed by atoms with Gasteiger partial charge >= 0.3 is 18.3 Å². The molecule has 1 aromatic rings. The number of benzene rings is 1. The standard InChI is InChI=1S/C11H7F6NO3/c12-10(13,14)6-3-1-2-5(8(6)11(15,16)17)9(21)18-4-7(19)20/h1-3H,4H2,(H,18,21)(H,19,20). The second-order valence-corrected chi connectivity index (χ2v) is 3.80. The van der Waals surface area contributed by atoms with Gasteiger partial charge in [0.2, 0.25) is 0 Å². The van der Waals surface area contributed by atoms with Crippen LogP contribution in [0.4, 0.5) is 26.3 Å². The van der Waals surface area contributed by atoms with Crippen molar-refractivity contribution >= 4 is 11.9 Å². The number of nitrogens with one attached hydrogen (secondary N) is 1. The first kappa shape index (κ1) is 16.8. The maximum Gasteiger partial charge on any atom is 0.417 e. The lowest BCUT2D eigenvalue weighted by molar-refractivity contribution is -0.162. The zero-order valence-electron chi connectivity index (χ0n) is 9.97.